The van der Waals surface area contributed by atoms with Crippen molar-refractivity contribution in [1.82, 2.24) is 14.7 Å². The van der Waals surface area contributed by atoms with E-state index in [4.69, 9.17) is 9.47 Å². The van der Waals surface area contributed by atoms with Gasteiger partial charge < -0.3 is 19.5 Å². The van der Waals surface area contributed by atoms with E-state index in [0.29, 0.717) is 25.4 Å². The first kappa shape index (κ1) is 22.2. The van der Waals surface area contributed by atoms with Crippen molar-refractivity contribution in [2.24, 2.45) is 5.92 Å². The van der Waals surface area contributed by atoms with E-state index in [0.717, 1.165) is 41.8 Å². The highest BCUT2D eigenvalue weighted by Gasteiger charge is 2.27. The second kappa shape index (κ2) is 9.51. The molecule has 7 nitrogen and oxygen atoms in total. The average Bonchev–Trinajstić information content (AvgIpc) is 3.15. The van der Waals surface area contributed by atoms with E-state index in [2.05, 4.69) is 11.3 Å². The molecule has 1 aromatic carbocycles. The Hall–Kier alpha value is -2.54. The van der Waals surface area contributed by atoms with Crippen molar-refractivity contribution in [2.45, 2.75) is 52.2 Å². The Morgan fingerprint density at radius 2 is 2.00 bits per heavy atom. The molecule has 2 heterocycles. The SMILES string of the molecule is COc1ccc(-c2cnn(CC3CCN(C(=O)OC(C)(C)C)CC3)c2)c(CCO)c1. The molecule has 164 valence electrons. The molecule has 1 amide bonds. The summed E-state index contributed by atoms with van der Waals surface area (Å²) in [5.41, 5.74) is 2.68. The maximum absolute atomic E-state index is 12.2. The molecule has 1 aromatic heterocycles. The van der Waals surface area contributed by atoms with Gasteiger partial charge in [-0.3, -0.25) is 4.68 Å². The van der Waals surface area contributed by atoms with Gasteiger partial charge in [0, 0.05) is 38.0 Å². The summed E-state index contributed by atoms with van der Waals surface area (Å²) in [6, 6.07) is 5.92. The molecule has 30 heavy (non-hydrogen) atoms. The molecular weight excluding hydrogens is 382 g/mol. The Bertz CT molecular complexity index is 848. The molecule has 0 spiro atoms. The second-order valence-electron chi connectivity index (χ2n) is 8.86. The minimum Gasteiger partial charge on any atom is -0.497 e. The highest BCUT2D eigenvalue weighted by atomic mass is 16.6. The van der Waals surface area contributed by atoms with Crippen LogP contribution in [0.3, 0.4) is 0 Å². The third-order valence-electron chi connectivity index (χ3n) is 5.35. The number of ether oxygens (including phenoxy) is 2. The lowest BCUT2D eigenvalue weighted by atomic mass is 9.97. The molecule has 0 unspecified atom stereocenters. The summed E-state index contributed by atoms with van der Waals surface area (Å²) in [7, 11) is 1.64. The minimum absolute atomic E-state index is 0.0878. The maximum atomic E-state index is 12.2. The molecule has 1 aliphatic heterocycles. The average molecular weight is 416 g/mol. The number of nitrogens with zero attached hydrogens (tertiary/aromatic N) is 3. The fourth-order valence-corrected chi connectivity index (χ4v) is 3.80. The van der Waals surface area contributed by atoms with Crippen LogP contribution in [0.15, 0.2) is 30.6 Å². The summed E-state index contributed by atoms with van der Waals surface area (Å²) in [5, 5.41) is 14.0. The van der Waals surface area contributed by atoms with E-state index < -0.39 is 5.60 Å². The zero-order valence-electron chi connectivity index (χ0n) is 18.4. The number of rotatable bonds is 6. The van der Waals surface area contributed by atoms with Crippen LogP contribution in [0.2, 0.25) is 0 Å². The number of hydrogen-bond donors (Lipinski definition) is 1. The Kier molecular flexibility index (Phi) is 7.02. The smallest absolute Gasteiger partial charge is 0.410 e. The van der Waals surface area contributed by atoms with Crippen molar-refractivity contribution in [3.8, 4) is 16.9 Å². The number of benzene rings is 1. The quantitative estimate of drug-likeness (QED) is 0.778. The lowest BCUT2D eigenvalue weighted by Crippen LogP contribution is -2.42. The van der Waals surface area contributed by atoms with E-state index >= 15 is 0 Å². The van der Waals surface area contributed by atoms with E-state index in [-0.39, 0.29) is 12.7 Å². The van der Waals surface area contributed by atoms with Gasteiger partial charge in [-0.25, -0.2) is 4.79 Å². The van der Waals surface area contributed by atoms with Crippen molar-refractivity contribution < 1.29 is 19.4 Å². The molecule has 2 aromatic rings. The fourth-order valence-electron chi connectivity index (χ4n) is 3.80. The standard InChI is InChI=1S/C23H33N3O4/c1-23(2,3)30-22(28)25-10-7-17(8-11-25)15-26-16-19(14-24-26)21-6-5-20(29-4)13-18(21)9-12-27/h5-6,13-14,16-17,27H,7-12,15H2,1-4H3. The number of carbonyl (C=O) groups excluding carboxylic acids is 1. The first-order valence-electron chi connectivity index (χ1n) is 10.6. The number of likely N-dealkylation sites (tertiary alicyclic amines) is 1. The van der Waals surface area contributed by atoms with E-state index in [1.54, 1.807) is 12.0 Å². The van der Waals surface area contributed by atoms with Gasteiger partial charge in [0.05, 0.1) is 13.3 Å². The molecule has 3 rings (SSSR count). The maximum Gasteiger partial charge on any atom is 0.410 e. The Morgan fingerprint density at radius 3 is 2.63 bits per heavy atom. The van der Waals surface area contributed by atoms with Crippen molar-refractivity contribution in [3.05, 3.63) is 36.2 Å². The van der Waals surface area contributed by atoms with Crippen molar-refractivity contribution in [1.29, 1.82) is 0 Å². The molecule has 0 bridgehead atoms. The topological polar surface area (TPSA) is 76.8 Å². The predicted octanol–water partition coefficient (Wildman–Crippen LogP) is 3.74. The van der Waals surface area contributed by atoms with Crippen molar-refractivity contribution in [3.63, 3.8) is 0 Å². The van der Waals surface area contributed by atoms with Gasteiger partial charge >= 0.3 is 6.09 Å². The summed E-state index contributed by atoms with van der Waals surface area (Å²) in [6.07, 6.45) is 6.15. The number of amides is 1. The van der Waals surface area contributed by atoms with Gasteiger partial charge in [0.2, 0.25) is 0 Å². The van der Waals surface area contributed by atoms with Crippen LogP contribution in [-0.4, -0.2) is 58.3 Å². The third kappa shape index (κ3) is 5.75. The van der Waals surface area contributed by atoms with Crippen LogP contribution < -0.4 is 4.74 Å². The highest BCUT2D eigenvalue weighted by molar-refractivity contribution is 5.68. The van der Waals surface area contributed by atoms with Crippen LogP contribution >= 0.6 is 0 Å². The molecule has 1 saturated heterocycles. The number of hydrogen-bond acceptors (Lipinski definition) is 5. The zero-order valence-corrected chi connectivity index (χ0v) is 18.4. The van der Waals surface area contributed by atoms with Crippen LogP contribution in [0.1, 0.15) is 39.2 Å². The molecule has 7 heteroatoms. The van der Waals surface area contributed by atoms with Crippen LogP contribution in [0, 0.1) is 5.92 Å². The first-order valence-corrected chi connectivity index (χ1v) is 10.6. The minimum atomic E-state index is -0.463. The van der Waals surface area contributed by atoms with E-state index in [9.17, 15) is 9.90 Å². The largest absolute Gasteiger partial charge is 0.497 e. The van der Waals surface area contributed by atoms with Crippen LogP contribution in [0.5, 0.6) is 5.75 Å². The van der Waals surface area contributed by atoms with E-state index in [1.807, 2.05) is 49.8 Å². The molecular formula is C23H33N3O4. The van der Waals surface area contributed by atoms with Crippen molar-refractivity contribution in [2.75, 3.05) is 26.8 Å². The van der Waals surface area contributed by atoms with Crippen LogP contribution in [-0.2, 0) is 17.7 Å². The summed E-state index contributed by atoms with van der Waals surface area (Å²) in [4.78, 5) is 14.0. The van der Waals surface area contributed by atoms with Gasteiger partial charge in [-0.2, -0.15) is 5.10 Å². The molecule has 0 aliphatic carbocycles. The number of carbonyl (C=O) groups is 1. The molecule has 0 saturated carbocycles. The number of methoxy groups -OCH3 is 1. The first-order chi connectivity index (χ1) is 14.3. The Labute approximate surface area is 178 Å². The second-order valence-corrected chi connectivity index (χ2v) is 8.86. The van der Waals surface area contributed by atoms with Gasteiger partial charge in [-0.15, -0.1) is 0 Å². The van der Waals surface area contributed by atoms with Gasteiger partial charge in [-0.05, 0) is 69.2 Å². The molecule has 1 aliphatic rings. The molecule has 1 N–H and O–H groups in total. The summed E-state index contributed by atoms with van der Waals surface area (Å²) >= 11 is 0. The van der Waals surface area contributed by atoms with E-state index in [1.165, 1.54) is 0 Å². The van der Waals surface area contributed by atoms with Gasteiger partial charge in [0.25, 0.3) is 0 Å². The molecule has 0 radical (unpaired) electrons. The van der Waals surface area contributed by atoms with Crippen LogP contribution in [0.25, 0.3) is 11.1 Å². The summed E-state index contributed by atoms with van der Waals surface area (Å²) in [5.74, 6) is 1.26. The lowest BCUT2D eigenvalue weighted by molar-refractivity contribution is 0.0177. The Morgan fingerprint density at radius 1 is 1.27 bits per heavy atom. The molecule has 0 atom stereocenters. The zero-order chi connectivity index (χ0) is 21.7. The number of piperidine rings is 1. The van der Waals surface area contributed by atoms with Crippen LogP contribution in [0.4, 0.5) is 4.79 Å². The predicted molar refractivity (Wildman–Crippen MR) is 116 cm³/mol. The number of aliphatic hydroxyl groups excluding tert-OH is 1. The normalized spacial score (nSPS) is 15.3. The summed E-state index contributed by atoms with van der Waals surface area (Å²) in [6.45, 7) is 8.02. The monoisotopic (exact) mass is 415 g/mol. The molecule has 1 fully saturated rings. The fraction of sp³-hybridized carbons (Fsp3) is 0.565. The van der Waals surface area contributed by atoms with Gasteiger partial charge in [-0.1, -0.05) is 6.07 Å². The van der Waals surface area contributed by atoms with Gasteiger partial charge in [0.15, 0.2) is 0 Å². The number of aromatic nitrogens is 2. The Balaban J connectivity index is 1.60. The van der Waals surface area contributed by atoms with Gasteiger partial charge in [0.1, 0.15) is 11.4 Å². The third-order valence-corrected chi connectivity index (χ3v) is 5.35. The lowest BCUT2D eigenvalue weighted by Gasteiger charge is -2.33. The number of aliphatic hydroxyl groups is 1. The van der Waals surface area contributed by atoms with Crippen molar-refractivity contribution >= 4 is 6.09 Å². The summed E-state index contributed by atoms with van der Waals surface area (Å²) < 4.78 is 12.8. The highest BCUT2D eigenvalue weighted by Crippen LogP contribution is 2.28.